The molecule has 0 aromatic rings. The molecule has 90 valence electrons. The first kappa shape index (κ1) is 14.4. The molecule has 2 N–H and O–H groups in total. The summed E-state index contributed by atoms with van der Waals surface area (Å²) in [4.78, 5) is 31.9. The molecule has 0 saturated heterocycles. The fourth-order valence-electron chi connectivity index (χ4n) is 0.645. The number of thioether (sulfide) groups is 1. The van der Waals surface area contributed by atoms with Crippen LogP contribution in [-0.4, -0.2) is 51.9 Å². The van der Waals surface area contributed by atoms with Gasteiger partial charge in [0.2, 0.25) is 5.78 Å². The van der Waals surface area contributed by atoms with Crippen LogP contribution in [0.4, 0.5) is 0 Å². The van der Waals surface area contributed by atoms with Gasteiger partial charge < -0.3 is 15.1 Å². The lowest BCUT2D eigenvalue weighted by atomic mass is 10.4. The highest BCUT2D eigenvalue weighted by molar-refractivity contribution is 8.00. The molecule has 0 aromatic heterocycles. The van der Waals surface area contributed by atoms with E-state index in [1.807, 2.05) is 0 Å². The van der Waals surface area contributed by atoms with Crippen LogP contribution in [0.15, 0.2) is 5.16 Å². The van der Waals surface area contributed by atoms with Crippen LogP contribution in [0.2, 0.25) is 0 Å². The van der Waals surface area contributed by atoms with Crippen LogP contribution >= 0.6 is 11.8 Å². The topological polar surface area (TPSA) is 113 Å². The molecular formula is C8H11NO6S. The Labute approximate surface area is 95.5 Å². The zero-order valence-electron chi connectivity index (χ0n) is 8.50. The summed E-state index contributed by atoms with van der Waals surface area (Å²) < 4.78 is 4.56. The Morgan fingerprint density at radius 2 is 1.94 bits per heavy atom. The number of oxime groups is 1. The highest BCUT2D eigenvalue weighted by atomic mass is 32.2. The van der Waals surface area contributed by atoms with Crippen LogP contribution in [-0.2, 0) is 19.1 Å². The molecule has 0 amide bonds. The molecule has 0 aliphatic heterocycles. The third-order valence-electron chi connectivity index (χ3n) is 1.34. The molecule has 0 rings (SSSR count). The molecule has 0 saturated carbocycles. The predicted octanol–water partition coefficient (Wildman–Crippen LogP) is -0.233. The van der Waals surface area contributed by atoms with Gasteiger partial charge in [0.1, 0.15) is 0 Å². The Bertz CT molecular complexity index is 314. The minimum absolute atomic E-state index is 0.0889. The quantitative estimate of drug-likeness (QED) is 0.210. The number of carbonyl (C=O) groups is 3. The van der Waals surface area contributed by atoms with E-state index < -0.39 is 17.7 Å². The average Bonchev–Trinajstić information content (AvgIpc) is 2.24. The number of Topliss-reactive ketones (excluding diaryl/α,β-unsaturated/α-hetero) is 1. The highest BCUT2D eigenvalue weighted by Gasteiger charge is 2.16. The Morgan fingerprint density at radius 3 is 2.38 bits per heavy atom. The van der Waals surface area contributed by atoms with E-state index in [4.69, 9.17) is 10.3 Å². The van der Waals surface area contributed by atoms with Crippen molar-refractivity contribution in [2.75, 3.05) is 18.1 Å². The van der Waals surface area contributed by atoms with Crippen molar-refractivity contribution in [1.82, 2.24) is 0 Å². The summed E-state index contributed by atoms with van der Waals surface area (Å²) in [7, 11) is 0. The van der Waals surface area contributed by atoms with Crippen molar-refractivity contribution >= 4 is 35.2 Å². The maximum Gasteiger partial charge on any atom is 0.373 e. The molecule has 0 spiro atoms. The second-order valence-corrected chi connectivity index (χ2v) is 3.47. The van der Waals surface area contributed by atoms with E-state index in [2.05, 4.69) is 9.89 Å². The Balaban J connectivity index is 4.03. The predicted molar refractivity (Wildman–Crippen MR) is 55.8 cm³/mol. The molecule has 0 fully saturated rings. The summed E-state index contributed by atoms with van der Waals surface area (Å²) in [6, 6.07) is 0. The van der Waals surface area contributed by atoms with Crippen molar-refractivity contribution in [2.24, 2.45) is 5.16 Å². The van der Waals surface area contributed by atoms with Gasteiger partial charge in [-0.2, -0.15) is 0 Å². The standard InChI is InChI=1S/C8H11NO6S/c1-2-15-8(13)5(9-14)3-16-4-6(10)7(11)12/h14H,2-4H2,1H3,(H,11,12)/b9-5+. The number of carboxylic acid groups (broad SMARTS) is 1. The van der Waals surface area contributed by atoms with E-state index in [0.717, 1.165) is 11.8 Å². The lowest BCUT2D eigenvalue weighted by Crippen LogP contribution is -2.22. The van der Waals surface area contributed by atoms with Gasteiger partial charge in [-0.25, -0.2) is 9.59 Å². The lowest BCUT2D eigenvalue weighted by molar-refractivity contribution is -0.147. The van der Waals surface area contributed by atoms with Crippen molar-refractivity contribution in [2.45, 2.75) is 6.92 Å². The molecule has 0 unspecified atom stereocenters. The number of ketones is 1. The van der Waals surface area contributed by atoms with Crippen molar-refractivity contribution in [3.63, 3.8) is 0 Å². The van der Waals surface area contributed by atoms with Gasteiger partial charge in [-0.3, -0.25) is 4.79 Å². The molecule has 0 atom stereocenters. The van der Waals surface area contributed by atoms with Crippen LogP contribution < -0.4 is 0 Å². The van der Waals surface area contributed by atoms with Crippen molar-refractivity contribution in [3.05, 3.63) is 0 Å². The molecule has 7 nitrogen and oxygen atoms in total. The second kappa shape index (κ2) is 7.69. The first-order chi connectivity index (χ1) is 7.52. The van der Waals surface area contributed by atoms with Gasteiger partial charge in [0.05, 0.1) is 12.4 Å². The smallest absolute Gasteiger partial charge is 0.373 e. The minimum atomic E-state index is -1.54. The van der Waals surface area contributed by atoms with E-state index in [0.29, 0.717) is 0 Å². The van der Waals surface area contributed by atoms with Crippen LogP contribution in [0.5, 0.6) is 0 Å². The normalized spacial score (nSPS) is 10.9. The van der Waals surface area contributed by atoms with E-state index in [1.54, 1.807) is 6.92 Å². The van der Waals surface area contributed by atoms with Gasteiger partial charge in [0, 0.05) is 5.75 Å². The van der Waals surface area contributed by atoms with Gasteiger partial charge in [-0.1, -0.05) is 5.16 Å². The number of hydrogen-bond donors (Lipinski definition) is 2. The fourth-order valence-corrected chi connectivity index (χ4v) is 1.43. The molecule has 0 heterocycles. The molecule has 16 heavy (non-hydrogen) atoms. The van der Waals surface area contributed by atoms with Crippen LogP contribution in [0.3, 0.4) is 0 Å². The molecule has 0 aromatic carbocycles. The zero-order chi connectivity index (χ0) is 12.6. The van der Waals surface area contributed by atoms with Gasteiger partial charge >= 0.3 is 11.9 Å². The average molecular weight is 249 g/mol. The monoisotopic (exact) mass is 249 g/mol. The van der Waals surface area contributed by atoms with E-state index in [-0.39, 0.29) is 23.8 Å². The van der Waals surface area contributed by atoms with Crippen LogP contribution in [0.1, 0.15) is 6.92 Å². The van der Waals surface area contributed by atoms with E-state index in [1.165, 1.54) is 0 Å². The summed E-state index contributed by atoms with van der Waals surface area (Å²) in [6.07, 6.45) is 0. The first-order valence-electron chi connectivity index (χ1n) is 4.24. The number of carbonyl (C=O) groups excluding carboxylic acids is 2. The van der Waals surface area contributed by atoms with Crippen molar-refractivity contribution in [3.8, 4) is 0 Å². The van der Waals surface area contributed by atoms with E-state index in [9.17, 15) is 14.4 Å². The van der Waals surface area contributed by atoms with Gasteiger partial charge in [-0.05, 0) is 6.92 Å². The Kier molecular flexibility index (Phi) is 6.93. The van der Waals surface area contributed by atoms with Gasteiger partial charge in [0.25, 0.3) is 0 Å². The van der Waals surface area contributed by atoms with Crippen LogP contribution in [0.25, 0.3) is 0 Å². The third-order valence-corrected chi connectivity index (χ3v) is 2.29. The molecule has 0 bridgehead atoms. The second-order valence-electron chi connectivity index (χ2n) is 2.49. The van der Waals surface area contributed by atoms with Gasteiger partial charge in [-0.15, -0.1) is 11.8 Å². The number of esters is 1. The summed E-state index contributed by atoms with van der Waals surface area (Å²) >= 11 is 0.855. The fraction of sp³-hybridized carbons (Fsp3) is 0.500. The summed E-state index contributed by atoms with van der Waals surface area (Å²) in [5.74, 6) is -3.69. The zero-order valence-corrected chi connectivity index (χ0v) is 9.32. The Morgan fingerprint density at radius 1 is 1.31 bits per heavy atom. The number of nitrogens with zero attached hydrogens (tertiary/aromatic N) is 1. The maximum atomic E-state index is 11.1. The number of carboxylic acids is 1. The van der Waals surface area contributed by atoms with Crippen LogP contribution in [0, 0.1) is 0 Å². The summed E-state index contributed by atoms with van der Waals surface area (Å²) in [6.45, 7) is 1.73. The number of ether oxygens (including phenoxy) is 1. The molecule has 0 radical (unpaired) electrons. The van der Waals surface area contributed by atoms with Crippen molar-refractivity contribution in [1.29, 1.82) is 0 Å². The SMILES string of the molecule is CCOC(=O)/C(CSCC(=O)C(=O)O)=N/O. The molecular weight excluding hydrogens is 238 g/mol. The minimum Gasteiger partial charge on any atom is -0.475 e. The molecule has 0 aliphatic carbocycles. The Hall–Kier alpha value is -1.57. The van der Waals surface area contributed by atoms with E-state index >= 15 is 0 Å². The number of aliphatic carboxylic acids is 1. The number of hydrogen-bond acceptors (Lipinski definition) is 7. The summed E-state index contributed by atoms with van der Waals surface area (Å²) in [5, 5.41) is 19.4. The largest absolute Gasteiger partial charge is 0.475 e. The highest BCUT2D eigenvalue weighted by Crippen LogP contribution is 2.02. The van der Waals surface area contributed by atoms with Crippen molar-refractivity contribution < 1.29 is 29.4 Å². The summed E-state index contributed by atoms with van der Waals surface area (Å²) in [5.41, 5.74) is -0.259. The first-order valence-corrected chi connectivity index (χ1v) is 5.40. The molecule has 8 heteroatoms. The van der Waals surface area contributed by atoms with Gasteiger partial charge in [0.15, 0.2) is 5.71 Å². The maximum absolute atomic E-state index is 11.1. The third kappa shape index (κ3) is 5.35. The number of rotatable bonds is 7. The lowest BCUT2D eigenvalue weighted by Gasteiger charge is -2.02. The molecule has 0 aliphatic rings.